The molecule has 1 aliphatic heterocycles. The second-order valence-corrected chi connectivity index (χ2v) is 7.32. The molecular formula is C19H24N4S. The van der Waals surface area contributed by atoms with Gasteiger partial charge in [0.25, 0.3) is 0 Å². The van der Waals surface area contributed by atoms with Crippen molar-refractivity contribution in [2.75, 3.05) is 0 Å². The van der Waals surface area contributed by atoms with Gasteiger partial charge in [-0.1, -0.05) is 18.9 Å². The molecule has 4 rings (SSSR count). The molecule has 0 spiro atoms. The van der Waals surface area contributed by atoms with Crippen LogP contribution >= 0.6 is 12.2 Å². The summed E-state index contributed by atoms with van der Waals surface area (Å²) in [6.45, 7) is 2.15. The minimum Gasteiger partial charge on any atom is -0.352 e. The van der Waals surface area contributed by atoms with Crippen molar-refractivity contribution in [3.05, 3.63) is 53.6 Å². The summed E-state index contributed by atoms with van der Waals surface area (Å²) in [5.41, 5.74) is 3.64. The van der Waals surface area contributed by atoms with E-state index in [9.17, 15) is 0 Å². The predicted molar refractivity (Wildman–Crippen MR) is 99.7 cm³/mol. The Bertz CT molecular complexity index is 733. The van der Waals surface area contributed by atoms with Crippen LogP contribution in [0, 0.1) is 6.92 Å². The molecule has 1 saturated carbocycles. The number of aromatic nitrogens is 2. The lowest BCUT2D eigenvalue weighted by molar-refractivity contribution is 0.238. The Kier molecular flexibility index (Phi) is 4.04. The Morgan fingerprint density at radius 2 is 1.96 bits per heavy atom. The molecule has 1 N–H and O–H groups in total. The molecule has 2 atom stereocenters. The van der Waals surface area contributed by atoms with Crippen LogP contribution in [0.5, 0.6) is 0 Å². The highest BCUT2D eigenvalue weighted by molar-refractivity contribution is 7.80. The van der Waals surface area contributed by atoms with E-state index in [1.807, 2.05) is 12.3 Å². The molecule has 2 aromatic rings. The van der Waals surface area contributed by atoms with Gasteiger partial charge in [0.1, 0.15) is 0 Å². The number of hydrogen-bond donors (Lipinski definition) is 1. The van der Waals surface area contributed by atoms with E-state index < -0.39 is 0 Å². The largest absolute Gasteiger partial charge is 0.352 e. The molecule has 2 aliphatic rings. The minimum atomic E-state index is 0.104. The van der Waals surface area contributed by atoms with Crippen LogP contribution in [-0.4, -0.2) is 25.6 Å². The highest BCUT2D eigenvalue weighted by atomic mass is 32.1. The van der Waals surface area contributed by atoms with Crippen LogP contribution in [0.3, 0.4) is 0 Å². The number of pyridine rings is 1. The standard InChI is InChI=1S/C19H24N4S/c1-13-10-11-16(22(13)2)18-17(15-9-5-6-12-20-15)21-19(24)23(18)14-7-3-4-8-14/h5-6,9-12,14,17-18H,3-4,7-8H2,1-2H3,(H,21,24)/t17-,18-/m0/s1. The van der Waals surface area contributed by atoms with E-state index in [1.165, 1.54) is 37.1 Å². The second-order valence-electron chi connectivity index (χ2n) is 6.93. The minimum absolute atomic E-state index is 0.104. The topological polar surface area (TPSA) is 33.1 Å². The van der Waals surface area contributed by atoms with Crippen molar-refractivity contribution in [1.82, 2.24) is 19.8 Å². The lowest BCUT2D eigenvalue weighted by atomic mass is 10.00. The van der Waals surface area contributed by atoms with Crippen LogP contribution in [-0.2, 0) is 7.05 Å². The predicted octanol–water partition coefficient (Wildman–Crippen LogP) is 3.64. The van der Waals surface area contributed by atoms with E-state index in [1.54, 1.807) is 0 Å². The van der Waals surface area contributed by atoms with Crippen molar-refractivity contribution in [3.63, 3.8) is 0 Å². The molecule has 24 heavy (non-hydrogen) atoms. The molecule has 0 unspecified atom stereocenters. The number of thiocarbonyl (C=S) groups is 1. The van der Waals surface area contributed by atoms with E-state index in [-0.39, 0.29) is 12.1 Å². The molecule has 0 amide bonds. The van der Waals surface area contributed by atoms with Gasteiger partial charge in [0, 0.05) is 30.7 Å². The average molecular weight is 340 g/mol. The van der Waals surface area contributed by atoms with Gasteiger partial charge < -0.3 is 14.8 Å². The molecule has 5 heteroatoms. The maximum Gasteiger partial charge on any atom is 0.170 e. The first kappa shape index (κ1) is 15.6. The smallest absolute Gasteiger partial charge is 0.170 e. The molecule has 3 heterocycles. The molecule has 1 saturated heterocycles. The van der Waals surface area contributed by atoms with Crippen LogP contribution < -0.4 is 5.32 Å². The summed E-state index contributed by atoms with van der Waals surface area (Å²) >= 11 is 5.76. The van der Waals surface area contributed by atoms with Gasteiger partial charge in [-0.05, 0) is 56.2 Å². The summed E-state index contributed by atoms with van der Waals surface area (Å²) in [6.07, 6.45) is 6.94. The van der Waals surface area contributed by atoms with Crippen LogP contribution in [0.4, 0.5) is 0 Å². The van der Waals surface area contributed by atoms with Crippen molar-refractivity contribution in [3.8, 4) is 0 Å². The molecule has 1 aliphatic carbocycles. The molecule has 4 nitrogen and oxygen atoms in total. The molecule has 0 aromatic carbocycles. The van der Waals surface area contributed by atoms with Crippen molar-refractivity contribution in [2.24, 2.45) is 7.05 Å². The van der Waals surface area contributed by atoms with E-state index in [4.69, 9.17) is 12.2 Å². The maximum absolute atomic E-state index is 5.76. The van der Waals surface area contributed by atoms with Crippen LogP contribution in [0.1, 0.15) is 54.8 Å². The fourth-order valence-corrected chi connectivity index (χ4v) is 4.58. The van der Waals surface area contributed by atoms with Gasteiger partial charge in [0.15, 0.2) is 5.11 Å². The van der Waals surface area contributed by atoms with E-state index in [0.717, 1.165) is 10.8 Å². The third-order valence-corrected chi connectivity index (χ3v) is 5.90. The number of rotatable bonds is 3. The lowest BCUT2D eigenvalue weighted by Crippen LogP contribution is -2.38. The Morgan fingerprint density at radius 1 is 1.17 bits per heavy atom. The Labute approximate surface area is 148 Å². The summed E-state index contributed by atoms with van der Waals surface area (Å²) in [4.78, 5) is 7.07. The van der Waals surface area contributed by atoms with Crippen LogP contribution in [0.25, 0.3) is 0 Å². The second kappa shape index (κ2) is 6.20. The highest BCUT2D eigenvalue weighted by Gasteiger charge is 2.44. The average Bonchev–Trinajstić information content (AvgIpc) is 3.29. The first-order chi connectivity index (χ1) is 11.7. The monoisotopic (exact) mass is 340 g/mol. The zero-order chi connectivity index (χ0) is 16.7. The van der Waals surface area contributed by atoms with Gasteiger partial charge >= 0.3 is 0 Å². The Morgan fingerprint density at radius 3 is 2.58 bits per heavy atom. The third-order valence-electron chi connectivity index (χ3n) is 5.57. The van der Waals surface area contributed by atoms with Gasteiger partial charge in [-0.3, -0.25) is 4.98 Å². The SMILES string of the molecule is Cc1ccc([C@H]2[C@H](c3ccccn3)NC(=S)N2C2CCCC2)n1C. The zero-order valence-corrected chi connectivity index (χ0v) is 15.1. The zero-order valence-electron chi connectivity index (χ0n) is 14.3. The Balaban J connectivity index is 1.79. The number of nitrogens with zero attached hydrogens (tertiary/aromatic N) is 3. The van der Waals surface area contributed by atoms with E-state index in [0.29, 0.717) is 6.04 Å². The van der Waals surface area contributed by atoms with Crippen LogP contribution in [0.2, 0.25) is 0 Å². The fraction of sp³-hybridized carbons (Fsp3) is 0.474. The number of aryl methyl sites for hydroxylation is 1. The van der Waals surface area contributed by atoms with E-state index in [2.05, 4.69) is 58.0 Å². The van der Waals surface area contributed by atoms with Crippen molar-refractivity contribution in [2.45, 2.75) is 50.7 Å². The van der Waals surface area contributed by atoms with Gasteiger partial charge in [-0.15, -0.1) is 0 Å². The summed E-state index contributed by atoms with van der Waals surface area (Å²) in [6, 6.07) is 11.4. The molecule has 0 radical (unpaired) electrons. The normalized spacial score (nSPS) is 24.6. The lowest BCUT2D eigenvalue weighted by Gasteiger charge is -2.33. The molecule has 2 fully saturated rings. The van der Waals surface area contributed by atoms with Gasteiger partial charge in [-0.25, -0.2) is 0 Å². The molecule has 126 valence electrons. The van der Waals surface area contributed by atoms with Gasteiger partial charge in [-0.2, -0.15) is 0 Å². The highest BCUT2D eigenvalue weighted by Crippen LogP contribution is 2.42. The van der Waals surface area contributed by atoms with Gasteiger partial charge in [0.2, 0.25) is 0 Å². The van der Waals surface area contributed by atoms with Crippen molar-refractivity contribution in [1.29, 1.82) is 0 Å². The van der Waals surface area contributed by atoms with Crippen LogP contribution in [0.15, 0.2) is 36.5 Å². The van der Waals surface area contributed by atoms with Crippen molar-refractivity contribution < 1.29 is 0 Å². The summed E-state index contributed by atoms with van der Waals surface area (Å²) in [7, 11) is 2.15. The third kappa shape index (κ3) is 2.51. The summed E-state index contributed by atoms with van der Waals surface area (Å²) in [5, 5.41) is 4.44. The molecule has 0 bridgehead atoms. The maximum atomic E-state index is 5.76. The fourth-order valence-electron chi connectivity index (χ4n) is 4.19. The first-order valence-corrected chi connectivity index (χ1v) is 9.19. The number of nitrogens with one attached hydrogen (secondary N) is 1. The summed E-state index contributed by atoms with van der Waals surface area (Å²) < 4.78 is 2.29. The Hall–Kier alpha value is -1.88. The van der Waals surface area contributed by atoms with E-state index >= 15 is 0 Å². The molecular weight excluding hydrogens is 316 g/mol. The quantitative estimate of drug-likeness (QED) is 0.865. The molecule has 2 aromatic heterocycles. The summed E-state index contributed by atoms with van der Waals surface area (Å²) in [5.74, 6) is 0. The first-order valence-electron chi connectivity index (χ1n) is 8.79. The van der Waals surface area contributed by atoms with Gasteiger partial charge in [0.05, 0.1) is 17.8 Å². The number of hydrogen-bond acceptors (Lipinski definition) is 2. The van der Waals surface area contributed by atoms with Crippen molar-refractivity contribution >= 4 is 17.3 Å².